The van der Waals surface area contributed by atoms with Crippen molar-refractivity contribution in [2.24, 2.45) is 0 Å². The van der Waals surface area contributed by atoms with Gasteiger partial charge in [0.05, 0.1) is 0 Å². The van der Waals surface area contributed by atoms with Gasteiger partial charge in [-0.15, -0.1) is 0 Å². The molecule has 1 aromatic heterocycles. The van der Waals surface area contributed by atoms with Crippen molar-refractivity contribution in [1.29, 1.82) is 0 Å². The van der Waals surface area contributed by atoms with Gasteiger partial charge in [0.15, 0.2) is 0 Å². The second kappa shape index (κ2) is 6.74. The highest BCUT2D eigenvalue weighted by Crippen LogP contribution is 2.26. The molecule has 1 rings (SSSR count). The minimum Gasteiger partial charge on any atom is -0.465 e. The maximum absolute atomic E-state index is 12.5. The molecule has 0 saturated heterocycles. The third kappa shape index (κ3) is 4.07. The maximum atomic E-state index is 12.5. The Morgan fingerprint density at radius 2 is 1.75 bits per heavy atom. The molecule has 0 fully saturated rings. The predicted octanol–water partition coefficient (Wildman–Crippen LogP) is 2.47. The second-order valence-electron chi connectivity index (χ2n) is 5.49. The molecule has 0 amide bonds. The first-order valence-electron chi connectivity index (χ1n) is 7.03. The van der Waals surface area contributed by atoms with Crippen LogP contribution >= 0.6 is 0 Å². The minimum atomic E-state index is -3.54. The van der Waals surface area contributed by atoms with Gasteiger partial charge in [0.1, 0.15) is 16.4 Å². The third-order valence-corrected chi connectivity index (χ3v) is 5.03. The van der Waals surface area contributed by atoms with Gasteiger partial charge in [0, 0.05) is 24.2 Å². The molecule has 1 aromatic rings. The van der Waals surface area contributed by atoms with Crippen LogP contribution in [0.25, 0.3) is 0 Å². The monoisotopic (exact) mass is 302 g/mol. The summed E-state index contributed by atoms with van der Waals surface area (Å²) in [6.07, 6.45) is 0.745. The minimum absolute atomic E-state index is 0.0967. The van der Waals surface area contributed by atoms with E-state index in [9.17, 15) is 8.42 Å². The van der Waals surface area contributed by atoms with Crippen LogP contribution in [0.4, 0.5) is 0 Å². The molecule has 0 radical (unpaired) electrons. The van der Waals surface area contributed by atoms with Gasteiger partial charge in [-0.1, -0.05) is 20.8 Å². The van der Waals surface area contributed by atoms with E-state index in [0.717, 1.165) is 6.42 Å². The van der Waals surface area contributed by atoms with E-state index in [0.29, 0.717) is 23.6 Å². The molecule has 2 N–H and O–H groups in total. The standard InChI is InChI=1S/C14H26N2O3S/c1-7-10(4)16-20(17,18)14-12(6)19-11(5)13(14)8-15-9(2)3/h9-10,15-16H,7-8H2,1-6H3. The topological polar surface area (TPSA) is 71.3 Å². The first-order valence-corrected chi connectivity index (χ1v) is 8.51. The Kier molecular flexibility index (Phi) is 5.79. The number of sulfonamides is 1. The summed E-state index contributed by atoms with van der Waals surface area (Å²) in [7, 11) is -3.54. The maximum Gasteiger partial charge on any atom is 0.244 e. The fourth-order valence-corrected chi connectivity index (χ4v) is 3.75. The third-order valence-electron chi connectivity index (χ3n) is 3.25. The Morgan fingerprint density at radius 1 is 1.15 bits per heavy atom. The highest BCUT2D eigenvalue weighted by Gasteiger charge is 2.27. The largest absolute Gasteiger partial charge is 0.465 e. The number of hydrogen-bond donors (Lipinski definition) is 2. The van der Waals surface area contributed by atoms with Gasteiger partial charge in [-0.2, -0.15) is 0 Å². The van der Waals surface area contributed by atoms with Gasteiger partial charge >= 0.3 is 0 Å². The molecule has 0 aliphatic carbocycles. The van der Waals surface area contributed by atoms with Crippen LogP contribution in [0.3, 0.4) is 0 Å². The SMILES string of the molecule is CCC(C)NS(=O)(=O)c1c(C)oc(C)c1CNC(C)C. The van der Waals surface area contributed by atoms with Crippen molar-refractivity contribution in [1.82, 2.24) is 10.0 Å². The van der Waals surface area contributed by atoms with Crippen molar-refractivity contribution >= 4 is 10.0 Å². The normalized spacial score (nSPS) is 13.9. The molecule has 20 heavy (non-hydrogen) atoms. The summed E-state index contributed by atoms with van der Waals surface area (Å²) in [5.74, 6) is 1.10. The molecule has 0 bridgehead atoms. The average Bonchev–Trinajstić information content (AvgIpc) is 2.60. The van der Waals surface area contributed by atoms with Crippen LogP contribution in [0.1, 0.15) is 51.2 Å². The molecular weight excluding hydrogens is 276 g/mol. The van der Waals surface area contributed by atoms with Gasteiger partial charge in [-0.3, -0.25) is 0 Å². The van der Waals surface area contributed by atoms with E-state index in [4.69, 9.17) is 4.42 Å². The lowest BCUT2D eigenvalue weighted by Crippen LogP contribution is -2.33. The van der Waals surface area contributed by atoms with Gasteiger partial charge in [0.25, 0.3) is 0 Å². The van der Waals surface area contributed by atoms with Crippen LogP contribution in [-0.4, -0.2) is 20.5 Å². The molecule has 0 aliphatic heterocycles. The molecule has 6 heteroatoms. The molecule has 5 nitrogen and oxygen atoms in total. The van der Waals surface area contributed by atoms with Crippen LogP contribution < -0.4 is 10.0 Å². The summed E-state index contributed by atoms with van der Waals surface area (Å²) in [5.41, 5.74) is 0.715. The Bertz CT molecular complexity index is 547. The zero-order chi connectivity index (χ0) is 15.5. The number of rotatable bonds is 7. The smallest absolute Gasteiger partial charge is 0.244 e. The van der Waals surface area contributed by atoms with Gasteiger partial charge < -0.3 is 9.73 Å². The second-order valence-corrected chi connectivity index (χ2v) is 7.14. The molecule has 116 valence electrons. The Balaban J connectivity index is 3.16. The lowest BCUT2D eigenvalue weighted by Gasteiger charge is -2.14. The van der Waals surface area contributed by atoms with Crippen molar-refractivity contribution < 1.29 is 12.8 Å². The van der Waals surface area contributed by atoms with E-state index in [-0.39, 0.29) is 17.0 Å². The van der Waals surface area contributed by atoms with Crippen molar-refractivity contribution in [2.75, 3.05) is 0 Å². The van der Waals surface area contributed by atoms with E-state index in [2.05, 4.69) is 10.0 Å². The molecule has 1 atom stereocenters. The average molecular weight is 302 g/mol. The number of furan rings is 1. The van der Waals surface area contributed by atoms with Crippen LogP contribution in [0.15, 0.2) is 9.31 Å². The van der Waals surface area contributed by atoms with Crippen molar-refractivity contribution in [3.05, 3.63) is 17.1 Å². The van der Waals surface area contributed by atoms with Crippen molar-refractivity contribution in [2.45, 2.75) is 71.5 Å². The van der Waals surface area contributed by atoms with E-state index >= 15 is 0 Å². The van der Waals surface area contributed by atoms with Gasteiger partial charge in [-0.25, -0.2) is 13.1 Å². The predicted molar refractivity (Wildman–Crippen MR) is 80.2 cm³/mol. The lowest BCUT2D eigenvalue weighted by molar-refractivity contribution is 0.490. The quantitative estimate of drug-likeness (QED) is 0.811. The fraction of sp³-hybridized carbons (Fsp3) is 0.714. The highest BCUT2D eigenvalue weighted by atomic mass is 32.2. The zero-order valence-electron chi connectivity index (χ0n) is 13.2. The zero-order valence-corrected chi connectivity index (χ0v) is 14.0. The summed E-state index contributed by atoms with van der Waals surface area (Å²) < 4.78 is 33.2. The lowest BCUT2D eigenvalue weighted by atomic mass is 10.2. The summed E-state index contributed by atoms with van der Waals surface area (Å²) in [6, 6.07) is 0.184. The van der Waals surface area contributed by atoms with Crippen LogP contribution in [-0.2, 0) is 16.6 Å². The van der Waals surface area contributed by atoms with E-state index < -0.39 is 10.0 Å². The van der Waals surface area contributed by atoms with E-state index in [1.807, 2.05) is 27.7 Å². The molecule has 0 aliphatic rings. The Labute approximate surface area is 122 Å². The highest BCUT2D eigenvalue weighted by molar-refractivity contribution is 7.89. The summed E-state index contributed by atoms with van der Waals surface area (Å²) in [6.45, 7) is 11.8. The van der Waals surface area contributed by atoms with Crippen LogP contribution in [0.2, 0.25) is 0 Å². The number of aryl methyl sites for hydroxylation is 2. The summed E-state index contributed by atoms with van der Waals surface area (Å²) in [4.78, 5) is 0.281. The van der Waals surface area contributed by atoms with Crippen molar-refractivity contribution in [3.8, 4) is 0 Å². The van der Waals surface area contributed by atoms with Gasteiger partial charge in [-0.05, 0) is 27.2 Å². The van der Waals surface area contributed by atoms with Crippen LogP contribution in [0.5, 0.6) is 0 Å². The molecule has 1 heterocycles. The molecule has 0 saturated carbocycles. The molecular formula is C14H26N2O3S. The van der Waals surface area contributed by atoms with Gasteiger partial charge in [0.2, 0.25) is 10.0 Å². The fourth-order valence-electron chi connectivity index (χ4n) is 1.98. The molecule has 0 spiro atoms. The van der Waals surface area contributed by atoms with Crippen molar-refractivity contribution in [3.63, 3.8) is 0 Å². The van der Waals surface area contributed by atoms with Crippen LogP contribution in [0, 0.1) is 13.8 Å². The molecule has 0 aromatic carbocycles. The molecule has 1 unspecified atom stereocenters. The Morgan fingerprint density at radius 3 is 2.25 bits per heavy atom. The number of nitrogens with one attached hydrogen (secondary N) is 2. The first-order chi connectivity index (χ1) is 9.19. The number of hydrogen-bond acceptors (Lipinski definition) is 4. The first kappa shape index (κ1) is 17.2. The summed E-state index contributed by atoms with van der Waals surface area (Å²) in [5, 5.41) is 3.24. The Hall–Kier alpha value is -0.850. The summed E-state index contributed by atoms with van der Waals surface area (Å²) >= 11 is 0. The van der Waals surface area contributed by atoms with E-state index in [1.165, 1.54) is 0 Å². The van der Waals surface area contributed by atoms with E-state index in [1.54, 1.807) is 13.8 Å².